The molecule has 0 spiro atoms. The van der Waals surface area contributed by atoms with Crippen molar-refractivity contribution in [1.82, 2.24) is 0 Å². The normalized spacial score (nSPS) is 19.6. The average molecular weight is 424 g/mol. The van der Waals surface area contributed by atoms with Crippen LogP contribution in [-0.4, -0.2) is 20.8 Å². The molecule has 5 heteroatoms. The van der Waals surface area contributed by atoms with Crippen molar-refractivity contribution in [3.8, 4) is 0 Å². The Kier molecular flexibility index (Phi) is 4.73. The summed E-state index contributed by atoms with van der Waals surface area (Å²) in [5.74, 6) is 0.120. The van der Waals surface area contributed by atoms with Crippen LogP contribution in [0.1, 0.15) is 12.5 Å². The van der Waals surface area contributed by atoms with Crippen molar-refractivity contribution >= 4 is 36.6 Å². The number of rotatable bonds is 4. The second-order valence-corrected chi connectivity index (χ2v) is 9.47. The maximum atomic E-state index is 14.9. The Bertz CT molecular complexity index is 990. The van der Waals surface area contributed by atoms with Gasteiger partial charge in [0.25, 0.3) is 0 Å². The molecule has 0 saturated carbocycles. The van der Waals surface area contributed by atoms with Gasteiger partial charge in [0, 0.05) is 0 Å². The number of hydrogen-bond acceptors (Lipinski definition) is 3. The predicted molar refractivity (Wildman–Crippen MR) is 111 cm³/mol. The van der Waals surface area contributed by atoms with E-state index in [0.29, 0.717) is 11.4 Å². The van der Waals surface area contributed by atoms with Gasteiger partial charge in [-0.15, -0.1) is 0 Å². The van der Waals surface area contributed by atoms with E-state index in [-0.39, 0.29) is 25.6 Å². The van der Waals surface area contributed by atoms with Crippen LogP contribution in [0.4, 0.5) is 15.8 Å². The number of nitrogens with two attached hydrogens (primary N) is 1. The summed E-state index contributed by atoms with van der Waals surface area (Å²) in [5, 5.41) is 3.56. The number of benzene rings is 3. The molecule has 2 unspecified atom stereocenters. The number of halogens is 1. The van der Waals surface area contributed by atoms with Crippen LogP contribution in [0.5, 0.6) is 0 Å². The third-order valence-corrected chi connectivity index (χ3v) is 7.47. The zero-order chi connectivity index (χ0) is 18.9. The predicted octanol–water partition coefficient (Wildman–Crippen LogP) is 3.97. The Balaban J connectivity index is 1.86. The van der Waals surface area contributed by atoms with Gasteiger partial charge < -0.3 is 0 Å². The molecule has 136 valence electrons. The first-order valence-electron chi connectivity index (χ1n) is 8.80. The van der Waals surface area contributed by atoms with Crippen molar-refractivity contribution < 1.29 is 4.39 Å². The van der Waals surface area contributed by atoms with E-state index in [2.05, 4.69) is 29.4 Å². The van der Waals surface area contributed by atoms with Gasteiger partial charge in [0.05, 0.1) is 0 Å². The van der Waals surface area contributed by atoms with Gasteiger partial charge in [-0.25, -0.2) is 0 Å². The molecule has 3 aromatic rings. The number of anilines is 1. The number of para-hydroxylation sites is 2. The van der Waals surface area contributed by atoms with E-state index in [4.69, 9.17) is 5.73 Å². The molecular formula is C22H20FN3Se. The van der Waals surface area contributed by atoms with E-state index in [1.54, 1.807) is 12.1 Å². The fraction of sp³-hybridized carbons (Fsp3) is 0.136. The molecule has 3 N–H and O–H groups in total. The Morgan fingerprint density at radius 3 is 2.41 bits per heavy atom. The Labute approximate surface area is 164 Å². The standard InChI is InChI=1S/C22H20FN3Se/c1-15(27-16-9-3-2-4-10-16)22(17-11-5-6-12-18(17)23)21(24)25-19-13-7-8-14-20(19)26-22/h2-15,26H,1H3,(H2,24,25). The van der Waals surface area contributed by atoms with E-state index in [1.165, 1.54) is 10.5 Å². The first kappa shape index (κ1) is 17.8. The summed E-state index contributed by atoms with van der Waals surface area (Å²) in [7, 11) is 0. The summed E-state index contributed by atoms with van der Waals surface area (Å²) in [6, 6.07) is 24.8. The third-order valence-electron chi connectivity index (χ3n) is 4.85. The van der Waals surface area contributed by atoms with E-state index in [0.717, 1.165) is 11.4 Å². The molecule has 4 rings (SSSR count). The van der Waals surface area contributed by atoms with Crippen molar-refractivity contribution in [3.05, 3.63) is 90.2 Å². The van der Waals surface area contributed by atoms with Crippen LogP contribution in [0.15, 0.2) is 83.9 Å². The van der Waals surface area contributed by atoms with Crippen molar-refractivity contribution in [2.45, 2.75) is 17.3 Å². The molecular weight excluding hydrogens is 404 g/mol. The molecule has 1 aliphatic heterocycles. The van der Waals surface area contributed by atoms with Gasteiger partial charge in [-0.05, 0) is 0 Å². The van der Waals surface area contributed by atoms with E-state index in [9.17, 15) is 4.39 Å². The van der Waals surface area contributed by atoms with Crippen molar-refractivity contribution in [2.24, 2.45) is 10.7 Å². The summed E-state index contributed by atoms with van der Waals surface area (Å²) >= 11 is 0.0585. The SMILES string of the molecule is CC([Se]c1ccccc1)C1(c2ccccc2F)Nc2ccccc2N=C1N. The van der Waals surface area contributed by atoms with E-state index < -0.39 is 5.54 Å². The topological polar surface area (TPSA) is 50.4 Å². The molecule has 0 aromatic heterocycles. The fourth-order valence-corrected chi connectivity index (χ4v) is 6.01. The van der Waals surface area contributed by atoms with Crippen LogP contribution in [-0.2, 0) is 5.54 Å². The van der Waals surface area contributed by atoms with Crippen LogP contribution in [0.3, 0.4) is 0 Å². The number of aliphatic imine (C=N–C) groups is 1. The maximum absolute atomic E-state index is 14.9. The van der Waals surface area contributed by atoms with Gasteiger partial charge in [0.1, 0.15) is 0 Å². The molecule has 27 heavy (non-hydrogen) atoms. The molecule has 0 bridgehead atoms. The number of nitrogens with one attached hydrogen (secondary N) is 1. The Morgan fingerprint density at radius 2 is 1.63 bits per heavy atom. The summed E-state index contributed by atoms with van der Waals surface area (Å²) in [5.41, 5.74) is 7.80. The first-order chi connectivity index (χ1) is 13.1. The van der Waals surface area contributed by atoms with Crippen LogP contribution >= 0.6 is 0 Å². The zero-order valence-corrected chi connectivity index (χ0v) is 16.6. The Hall–Kier alpha value is -2.62. The molecule has 3 aromatic carbocycles. The number of amidine groups is 1. The quantitative estimate of drug-likeness (QED) is 0.623. The van der Waals surface area contributed by atoms with Gasteiger partial charge >= 0.3 is 165 Å². The van der Waals surface area contributed by atoms with Crippen molar-refractivity contribution in [3.63, 3.8) is 0 Å². The van der Waals surface area contributed by atoms with Gasteiger partial charge in [-0.1, -0.05) is 0 Å². The minimum atomic E-state index is -0.893. The van der Waals surface area contributed by atoms with Gasteiger partial charge in [0.15, 0.2) is 0 Å². The summed E-state index contributed by atoms with van der Waals surface area (Å²) in [6.45, 7) is 2.11. The van der Waals surface area contributed by atoms with Crippen LogP contribution < -0.4 is 15.5 Å². The minimum absolute atomic E-state index is 0.0291. The second kappa shape index (κ2) is 7.18. The molecule has 0 fully saturated rings. The molecule has 0 aliphatic carbocycles. The van der Waals surface area contributed by atoms with Crippen LogP contribution in [0.25, 0.3) is 0 Å². The second-order valence-electron chi connectivity index (χ2n) is 6.50. The molecule has 1 heterocycles. The van der Waals surface area contributed by atoms with Crippen molar-refractivity contribution in [1.29, 1.82) is 0 Å². The number of nitrogens with zero attached hydrogens (tertiary/aromatic N) is 1. The van der Waals surface area contributed by atoms with Crippen LogP contribution in [0, 0.1) is 5.82 Å². The van der Waals surface area contributed by atoms with E-state index in [1.807, 2.05) is 48.5 Å². The van der Waals surface area contributed by atoms with Crippen LogP contribution in [0.2, 0.25) is 4.82 Å². The van der Waals surface area contributed by atoms with Gasteiger partial charge in [-0.2, -0.15) is 0 Å². The van der Waals surface area contributed by atoms with Crippen molar-refractivity contribution in [2.75, 3.05) is 5.32 Å². The van der Waals surface area contributed by atoms with Gasteiger partial charge in [0.2, 0.25) is 0 Å². The molecule has 0 saturated heterocycles. The monoisotopic (exact) mass is 425 g/mol. The molecule has 1 aliphatic rings. The first-order valence-corrected chi connectivity index (χ1v) is 10.6. The third kappa shape index (κ3) is 3.14. The van der Waals surface area contributed by atoms with E-state index >= 15 is 0 Å². The number of fused-ring (bicyclic) bond motifs is 1. The Morgan fingerprint density at radius 1 is 0.963 bits per heavy atom. The summed E-state index contributed by atoms with van der Waals surface area (Å²) < 4.78 is 16.2. The molecule has 3 nitrogen and oxygen atoms in total. The zero-order valence-electron chi connectivity index (χ0n) is 14.9. The molecule has 2 atom stereocenters. The number of hydrogen-bond donors (Lipinski definition) is 2. The van der Waals surface area contributed by atoms with Gasteiger partial charge in [-0.3, -0.25) is 0 Å². The summed E-state index contributed by atoms with van der Waals surface area (Å²) in [6.07, 6.45) is 0. The molecule has 0 amide bonds. The fourth-order valence-electron chi connectivity index (χ4n) is 3.48. The molecule has 0 radical (unpaired) electrons. The average Bonchev–Trinajstić information content (AvgIpc) is 2.69. The summed E-state index contributed by atoms with van der Waals surface area (Å²) in [4.78, 5) is 4.68.